The van der Waals surface area contributed by atoms with Crippen LogP contribution in [0.2, 0.25) is 0 Å². The summed E-state index contributed by atoms with van der Waals surface area (Å²) < 4.78 is 6.51. The van der Waals surface area contributed by atoms with Crippen molar-refractivity contribution in [3.63, 3.8) is 0 Å². The summed E-state index contributed by atoms with van der Waals surface area (Å²) in [7, 11) is 0. The van der Waals surface area contributed by atoms with Crippen LogP contribution in [-0.4, -0.2) is 25.4 Å². The molecule has 7 heteroatoms. The first-order valence-corrected chi connectivity index (χ1v) is 7.33. The van der Waals surface area contributed by atoms with Crippen molar-refractivity contribution in [2.45, 2.75) is 6.92 Å². The highest BCUT2D eigenvalue weighted by molar-refractivity contribution is 6.04. The van der Waals surface area contributed by atoms with Crippen LogP contribution in [0.1, 0.15) is 16.1 Å². The zero-order chi connectivity index (χ0) is 16.5. The topological polar surface area (TPSA) is 85.3 Å². The molecule has 0 fully saturated rings. The average molecular weight is 319 g/mol. The van der Waals surface area contributed by atoms with E-state index < -0.39 is 0 Å². The zero-order valence-corrected chi connectivity index (χ0v) is 12.8. The van der Waals surface area contributed by atoms with Gasteiger partial charge in [-0.1, -0.05) is 23.4 Å². The van der Waals surface area contributed by atoms with E-state index in [0.717, 1.165) is 16.8 Å². The number of aromatic nitrogens is 4. The smallest absolute Gasteiger partial charge is 0.274 e. The SMILES string of the molecule is Cc1ccc(-c2ncon2)cc1NC(=O)c1cnc2ccccn12. The Morgan fingerprint density at radius 2 is 2.12 bits per heavy atom. The quantitative estimate of drug-likeness (QED) is 0.627. The lowest BCUT2D eigenvalue weighted by Gasteiger charge is -2.09. The fourth-order valence-electron chi connectivity index (χ4n) is 2.48. The molecular formula is C17H13N5O2. The van der Waals surface area contributed by atoms with Crippen molar-refractivity contribution in [1.82, 2.24) is 19.5 Å². The first kappa shape index (κ1) is 14.1. The second kappa shape index (κ2) is 5.62. The number of carbonyl (C=O) groups excluding carboxylic acids is 1. The molecule has 118 valence electrons. The Labute approximate surface area is 137 Å². The third kappa shape index (κ3) is 2.41. The van der Waals surface area contributed by atoms with Gasteiger partial charge in [-0.25, -0.2) is 4.98 Å². The summed E-state index contributed by atoms with van der Waals surface area (Å²) in [5, 5.41) is 6.74. The maximum absolute atomic E-state index is 12.6. The minimum atomic E-state index is -0.234. The maximum atomic E-state index is 12.6. The summed E-state index contributed by atoms with van der Waals surface area (Å²) in [6.07, 6.45) is 4.63. The fraction of sp³-hybridized carbons (Fsp3) is 0.0588. The number of nitrogens with one attached hydrogen (secondary N) is 1. The number of pyridine rings is 1. The molecule has 0 aliphatic carbocycles. The van der Waals surface area contributed by atoms with E-state index in [4.69, 9.17) is 4.52 Å². The Kier molecular flexibility index (Phi) is 3.31. The van der Waals surface area contributed by atoms with Gasteiger partial charge in [-0.05, 0) is 30.7 Å². The minimum absolute atomic E-state index is 0.234. The van der Waals surface area contributed by atoms with Crippen molar-refractivity contribution in [3.05, 3.63) is 66.4 Å². The number of hydrogen-bond donors (Lipinski definition) is 1. The molecule has 0 radical (unpaired) electrons. The van der Waals surface area contributed by atoms with Gasteiger partial charge in [0.15, 0.2) is 0 Å². The molecule has 1 amide bonds. The van der Waals surface area contributed by atoms with Gasteiger partial charge in [-0.3, -0.25) is 9.20 Å². The number of anilines is 1. The number of imidazole rings is 1. The van der Waals surface area contributed by atoms with Gasteiger partial charge in [-0.15, -0.1) is 0 Å². The van der Waals surface area contributed by atoms with Crippen molar-refractivity contribution in [3.8, 4) is 11.4 Å². The standard InChI is InChI=1S/C17H13N5O2/c1-11-5-6-12(16-19-10-24-21-16)8-13(11)20-17(23)14-9-18-15-4-2-3-7-22(14)15/h2-10H,1H3,(H,20,23). The third-order valence-corrected chi connectivity index (χ3v) is 3.75. The lowest BCUT2D eigenvalue weighted by Crippen LogP contribution is -2.15. The Morgan fingerprint density at radius 3 is 2.96 bits per heavy atom. The summed E-state index contributed by atoms with van der Waals surface area (Å²) in [5.74, 6) is 0.238. The molecule has 0 atom stereocenters. The highest BCUT2D eigenvalue weighted by Crippen LogP contribution is 2.23. The number of hydrogen-bond acceptors (Lipinski definition) is 5. The zero-order valence-electron chi connectivity index (χ0n) is 12.8. The number of nitrogens with zero attached hydrogens (tertiary/aromatic N) is 4. The number of fused-ring (bicyclic) bond motifs is 1. The van der Waals surface area contributed by atoms with E-state index in [9.17, 15) is 4.79 Å². The van der Waals surface area contributed by atoms with Gasteiger partial charge in [-0.2, -0.15) is 4.98 Å². The van der Waals surface area contributed by atoms with E-state index in [2.05, 4.69) is 20.4 Å². The molecule has 0 aliphatic rings. The van der Waals surface area contributed by atoms with Crippen LogP contribution >= 0.6 is 0 Å². The first-order chi connectivity index (χ1) is 11.7. The second-order valence-corrected chi connectivity index (χ2v) is 5.31. The first-order valence-electron chi connectivity index (χ1n) is 7.33. The maximum Gasteiger partial charge on any atom is 0.274 e. The number of rotatable bonds is 3. The van der Waals surface area contributed by atoms with Crippen LogP contribution in [0.15, 0.2) is 59.7 Å². The predicted octanol–water partition coefficient (Wildman–Crippen LogP) is 2.95. The second-order valence-electron chi connectivity index (χ2n) is 5.31. The molecule has 0 aliphatic heterocycles. The highest BCUT2D eigenvalue weighted by Gasteiger charge is 2.14. The molecule has 4 rings (SSSR count). The molecule has 7 nitrogen and oxygen atoms in total. The van der Waals surface area contributed by atoms with Gasteiger partial charge in [0.2, 0.25) is 12.2 Å². The summed E-state index contributed by atoms with van der Waals surface area (Å²) in [6.45, 7) is 1.92. The monoisotopic (exact) mass is 319 g/mol. The van der Waals surface area contributed by atoms with Crippen LogP contribution in [0, 0.1) is 6.92 Å². The molecule has 1 aromatic carbocycles. The number of amides is 1. The van der Waals surface area contributed by atoms with E-state index in [1.807, 2.05) is 43.3 Å². The average Bonchev–Trinajstić information content (AvgIpc) is 3.26. The van der Waals surface area contributed by atoms with Gasteiger partial charge < -0.3 is 9.84 Å². The number of benzene rings is 1. The minimum Gasteiger partial charge on any atom is -0.342 e. The Balaban J connectivity index is 1.67. The van der Waals surface area contributed by atoms with Gasteiger partial charge in [0, 0.05) is 17.4 Å². The van der Waals surface area contributed by atoms with Crippen LogP contribution in [0.4, 0.5) is 5.69 Å². The van der Waals surface area contributed by atoms with E-state index in [1.54, 1.807) is 16.8 Å². The number of carbonyl (C=O) groups is 1. The summed E-state index contributed by atoms with van der Waals surface area (Å²) >= 11 is 0. The molecule has 4 aromatic rings. The molecule has 0 saturated heterocycles. The van der Waals surface area contributed by atoms with E-state index in [1.165, 1.54) is 6.39 Å². The van der Waals surface area contributed by atoms with E-state index in [0.29, 0.717) is 17.2 Å². The lowest BCUT2D eigenvalue weighted by molar-refractivity contribution is 0.102. The molecule has 24 heavy (non-hydrogen) atoms. The normalized spacial score (nSPS) is 10.9. The van der Waals surface area contributed by atoms with Crippen LogP contribution in [0.25, 0.3) is 17.0 Å². The Hall–Kier alpha value is -3.48. The van der Waals surface area contributed by atoms with Crippen LogP contribution in [-0.2, 0) is 0 Å². The summed E-state index contributed by atoms with van der Waals surface area (Å²) in [4.78, 5) is 20.9. The van der Waals surface area contributed by atoms with Crippen LogP contribution in [0.3, 0.4) is 0 Å². The van der Waals surface area contributed by atoms with Gasteiger partial charge >= 0.3 is 0 Å². The molecule has 0 unspecified atom stereocenters. The van der Waals surface area contributed by atoms with Gasteiger partial charge in [0.05, 0.1) is 6.20 Å². The van der Waals surface area contributed by atoms with Crippen molar-refractivity contribution in [2.24, 2.45) is 0 Å². The lowest BCUT2D eigenvalue weighted by atomic mass is 10.1. The Morgan fingerprint density at radius 1 is 1.21 bits per heavy atom. The molecular weight excluding hydrogens is 306 g/mol. The molecule has 0 saturated carbocycles. The molecule has 0 bridgehead atoms. The fourth-order valence-corrected chi connectivity index (χ4v) is 2.48. The van der Waals surface area contributed by atoms with Crippen molar-refractivity contribution in [2.75, 3.05) is 5.32 Å². The van der Waals surface area contributed by atoms with E-state index in [-0.39, 0.29) is 5.91 Å². The molecule has 3 aromatic heterocycles. The molecule has 3 heterocycles. The van der Waals surface area contributed by atoms with Crippen molar-refractivity contribution in [1.29, 1.82) is 0 Å². The summed E-state index contributed by atoms with van der Waals surface area (Å²) in [5.41, 5.74) is 3.58. The molecule has 1 N–H and O–H groups in total. The van der Waals surface area contributed by atoms with Gasteiger partial charge in [0.1, 0.15) is 11.3 Å². The number of aryl methyl sites for hydroxylation is 1. The predicted molar refractivity (Wildman–Crippen MR) is 87.6 cm³/mol. The largest absolute Gasteiger partial charge is 0.342 e. The summed E-state index contributed by atoms with van der Waals surface area (Å²) in [6, 6.07) is 11.2. The van der Waals surface area contributed by atoms with Crippen LogP contribution in [0.5, 0.6) is 0 Å². The third-order valence-electron chi connectivity index (χ3n) is 3.75. The van der Waals surface area contributed by atoms with Crippen LogP contribution < -0.4 is 5.32 Å². The Bertz CT molecular complexity index is 1020. The van der Waals surface area contributed by atoms with Crippen molar-refractivity contribution >= 4 is 17.2 Å². The highest BCUT2D eigenvalue weighted by atomic mass is 16.5. The van der Waals surface area contributed by atoms with Crippen molar-refractivity contribution < 1.29 is 9.32 Å². The van der Waals surface area contributed by atoms with Gasteiger partial charge in [0.25, 0.3) is 5.91 Å². The molecule has 0 spiro atoms. The van der Waals surface area contributed by atoms with E-state index >= 15 is 0 Å².